The molecule has 0 radical (unpaired) electrons. The Kier molecular flexibility index (Phi) is 2.84. The topological polar surface area (TPSA) is 41.6 Å². The highest BCUT2D eigenvalue weighted by atomic mass is 32.2. The Hall–Kier alpha value is -1.29. The van der Waals surface area contributed by atoms with E-state index in [0.717, 1.165) is 17.4 Å². The van der Waals surface area contributed by atoms with Crippen molar-refractivity contribution in [3.05, 3.63) is 41.7 Å². The van der Waals surface area contributed by atoms with Crippen molar-refractivity contribution in [2.75, 3.05) is 6.26 Å². The van der Waals surface area contributed by atoms with Gasteiger partial charge in [-0.2, -0.15) is 0 Å². The van der Waals surface area contributed by atoms with E-state index in [9.17, 15) is 0 Å². The Balaban J connectivity index is 2.11. The first-order chi connectivity index (χ1) is 6.88. The monoisotopic (exact) mass is 205 g/mol. The number of H-pyrrole nitrogens is 1. The Morgan fingerprint density at radius 1 is 1.29 bits per heavy atom. The molecular formula is C10H11N3S. The van der Waals surface area contributed by atoms with Gasteiger partial charge in [-0.15, -0.1) is 5.10 Å². The van der Waals surface area contributed by atoms with Crippen molar-refractivity contribution in [3.63, 3.8) is 0 Å². The lowest BCUT2D eigenvalue weighted by Gasteiger charge is -1.95. The summed E-state index contributed by atoms with van der Waals surface area (Å²) >= 11 is 1.55. The van der Waals surface area contributed by atoms with Crippen LogP contribution in [-0.2, 0) is 6.42 Å². The van der Waals surface area contributed by atoms with Crippen LogP contribution in [0.25, 0.3) is 0 Å². The number of nitrogens with zero attached hydrogens (tertiary/aromatic N) is 2. The molecule has 72 valence electrons. The molecule has 0 aliphatic heterocycles. The number of benzene rings is 1. The minimum atomic E-state index is 0.802. The predicted molar refractivity (Wildman–Crippen MR) is 57.4 cm³/mol. The number of thioether (sulfide) groups is 1. The molecule has 1 heterocycles. The number of hydrogen-bond donors (Lipinski definition) is 1. The second kappa shape index (κ2) is 4.28. The number of aromatic nitrogens is 3. The van der Waals surface area contributed by atoms with Crippen molar-refractivity contribution < 1.29 is 0 Å². The van der Waals surface area contributed by atoms with Crippen molar-refractivity contribution in [2.45, 2.75) is 11.6 Å². The maximum absolute atomic E-state index is 4.32. The smallest absolute Gasteiger partial charge is 0.208 e. The van der Waals surface area contributed by atoms with Crippen LogP contribution in [0, 0.1) is 0 Å². The third kappa shape index (κ3) is 2.14. The zero-order valence-corrected chi connectivity index (χ0v) is 8.71. The van der Waals surface area contributed by atoms with Crippen LogP contribution in [-0.4, -0.2) is 21.4 Å². The van der Waals surface area contributed by atoms with Crippen molar-refractivity contribution in [1.29, 1.82) is 0 Å². The normalized spacial score (nSPS) is 10.4. The summed E-state index contributed by atoms with van der Waals surface area (Å²) in [6.07, 6.45) is 2.78. The molecular weight excluding hydrogens is 194 g/mol. The van der Waals surface area contributed by atoms with Gasteiger partial charge in [0.2, 0.25) is 5.16 Å². The summed E-state index contributed by atoms with van der Waals surface area (Å²) in [6, 6.07) is 10.2. The lowest BCUT2D eigenvalue weighted by Crippen LogP contribution is -1.89. The number of nitrogens with one attached hydrogen (secondary N) is 1. The maximum atomic E-state index is 4.32. The molecule has 14 heavy (non-hydrogen) atoms. The maximum Gasteiger partial charge on any atom is 0.208 e. The number of aromatic amines is 1. The quantitative estimate of drug-likeness (QED) is 0.780. The molecule has 1 aromatic carbocycles. The summed E-state index contributed by atoms with van der Waals surface area (Å²) in [6.45, 7) is 0. The summed E-state index contributed by atoms with van der Waals surface area (Å²) in [5, 5.41) is 7.78. The first-order valence-corrected chi connectivity index (χ1v) is 5.60. The largest absolute Gasteiger partial charge is 0.262 e. The molecule has 0 unspecified atom stereocenters. The first kappa shape index (κ1) is 9.27. The van der Waals surface area contributed by atoms with Crippen molar-refractivity contribution >= 4 is 11.8 Å². The molecule has 0 fully saturated rings. The molecule has 0 amide bonds. The zero-order chi connectivity index (χ0) is 9.80. The van der Waals surface area contributed by atoms with Crippen molar-refractivity contribution in [3.8, 4) is 0 Å². The molecule has 2 rings (SSSR count). The third-order valence-corrected chi connectivity index (χ3v) is 2.46. The second-order valence-corrected chi connectivity index (χ2v) is 3.70. The van der Waals surface area contributed by atoms with E-state index in [1.807, 2.05) is 24.5 Å². The van der Waals surface area contributed by atoms with Crippen LogP contribution in [0.2, 0.25) is 0 Å². The fourth-order valence-corrected chi connectivity index (χ4v) is 1.58. The van der Waals surface area contributed by atoms with Gasteiger partial charge in [0.05, 0.1) is 0 Å². The lowest BCUT2D eigenvalue weighted by atomic mass is 10.1. The van der Waals surface area contributed by atoms with E-state index in [0.29, 0.717) is 0 Å². The highest BCUT2D eigenvalue weighted by Crippen LogP contribution is 2.09. The average molecular weight is 205 g/mol. The van der Waals surface area contributed by atoms with Crippen LogP contribution in [0.3, 0.4) is 0 Å². The predicted octanol–water partition coefficient (Wildman–Crippen LogP) is 2.12. The summed E-state index contributed by atoms with van der Waals surface area (Å²) in [5.74, 6) is 0.917. The molecule has 2 aromatic rings. The molecule has 3 nitrogen and oxygen atoms in total. The minimum Gasteiger partial charge on any atom is -0.262 e. The Morgan fingerprint density at radius 2 is 2.07 bits per heavy atom. The van der Waals surface area contributed by atoms with Gasteiger partial charge in [0, 0.05) is 6.42 Å². The van der Waals surface area contributed by atoms with Gasteiger partial charge < -0.3 is 0 Å². The van der Waals surface area contributed by atoms with Crippen molar-refractivity contribution in [1.82, 2.24) is 15.2 Å². The van der Waals surface area contributed by atoms with E-state index in [-0.39, 0.29) is 0 Å². The van der Waals surface area contributed by atoms with Crippen LogP contribution in [0.5, 0.6) is 0 Å². The second-order valence-electron chi connectivity index (χ2n) is 2.93. The molecule has 0 atom stereocenters. The summed E-state index contributed by atoms with van der Waals surface area (Å²) in [4.78, 5) is 4.32. The van der Waals surface area contributed by atoms with Gasteiger partial charge >= 0.3 is 0 Å². The Morgan fingerprint density at radius 3 is 2.71 bits per heavy atom. The molecule has 0 spiro atoms. The highest BCUT2D eigenvalue weighted by molar-refractivity contribution is 7.98. The van der Waals surface area contributed by atoms with E-state index < -0.39 is 0 Å². The lowest BCUT2D eigenvalue weighted by molar-refractivity contribution is 0.957. The number of hydrogen-bond acceptors (Lipinski definition) is 3. The van der Waals surface area contributed by atoms with Crippen LogP contribution in [0.1, 0.15) is 11.4 Å². The third-order valence-electron chi connectivity index (χ3n) is 1.91. The van der Waals surface area contributed by atoms with Gasteiger partial charge in [-0.25, -0.2) is 4.98 Å². The van der Waals surface area contributed by atoms with Crippen molar-refractivity contribution in [2.24, 2.45) is 0 Å². The molecule has 0 saturated heterocycles. The van der Waals surface area contributed by atoms with Crippen LogP contribution in [0.15, 0.2) is 35.5 Å². The van der Waals surface area contributed by atoms with E-state index in [4.69, 9.17) is 0 Å². The average Bonchev–Trinajstić information content (AvgIpc) is 2.67. The van der Waals surface area contributed by atoms with E-state index >= 15 is 0 Å². The van der Waals surface area contributed by atoms with Crippen LogP contribution in [0.4, 0.5) is 0 Å². The Labute approximate surface area is 87.0 Å². The molecule has 0 saturated carbocycles. The van der Waals surface area contributed by atoms with E-state index in [1.165, 1.54) is 5.56 Å². The van der Waals surface area contributed by atoms with Gasteiger partial charge in [0.1, 0.15) is 5.82 Å². The summed E-state index contributed by atoms with van der Waals surface area (Å²) in [7, 11) is 0. The molecule has 0 bridgehead atoms. The SMILES string of the molecule is CSc1n[nH]c(Cc2ccccc2)n1. The molecule has 0 aliphatic rings. The molecule has 4 heteroatoms. The standard InChI is InChI=1S/C10H11N3S/c1-14-10-11-9(12-13-10)7-8-5-3-2-4-6-8/h2-6H,7H2,1H3,(H,11,12,13). The van der Waals surface area contributed by atoms with Gasteiger partial charge in [-0.3, -0.25) is 5.10 Å². The fraction of sp³-hybridized carbons (Fsp3) is 0.200. The van der Waals surface area contributed by atoms with Crippen LogP contribution >= 0.6 is 11.8 Å². The first-order valence-electron chi connectivity index (χ1n) is 4.37. The van der Waals surface area contributed by atoms with Gasteiger partial charge in [-0.05, 0) is 11.8 Å². The molecule has 1 aromatic heterocycles. The molecule has 1 N–H and O–H groups in total. The minimum absolute atomic E-state index is 0.802. The Bertz CT molecular complexity index is 397. The van der Waals surface area contributed by atoms with E-state index in [2.05, 4.69) is 27.3 Å². The zero-order valence-electron chi connectivity index (χ0n) is 7.90. The highest BCUT2D eigenvalue weighted by Gasteiger charge is 2.01. The number of rotatable bonds is 3. The van der Waals surface area contributed by atoms with E-state index in [1.54, 1.807) is 11.8 Å². The van der Waals surface area contributed by atoms with Gasteiger partial charge in [0.25, 0.3) is 0 Å². The van der Waals surface area contributed by atoms with Gasteiger partial charge in [-0.1, -0.05) is 42.1 Å². The summed E-state index contributed by atoms with van der Waals surface area (Å²) in [5.41, 5.74) is 1.25. The molecule has 0 aliphatic carbocycles. The van der Waals surface area contributed by atoms with Gasteiger partial charge in [0.15, 0.2) is 0 Å². The fourth-order valence-electron chi connectivity index (χ4n) is 1.24. The summed E-state index contributed by atoms with van der Waals surface area (Å²) < 4.78 is 0. The van der Waals surface area contributed by atoms with Crippen LogP contribution < -0.4 is 0 Å².